The quantitative estimate of drug-likeness (QED) is 0.454. The molecule has 114 valence electrons. The Kier molecular flexibility index (Phi) is 5.87. The van der Waals surface area contributed by atoms with E-state index in [4.69, 9.17) is 4.43 Å². The summed E-state index contributed by atoms with van der Waals surface area (Å²) < 4.78 is 6.43. The van der Waals surface area contributed by atoms with Crippen LogP contribution in [-0.2, 0) is 6.42 Å². The zero-order valence-electron chi connectivity index (χ0n) is 14.5. The van der Waals surface area contributed by atoms with Gasteiger partial charge in [-0.3, -0.25) is 0 Å². The Hall–Kier alpha value is -0.763. The molecule has 0 bridgehead atoms. The summed E-state index contributed by atoms with van der Waals surface area (Å²) >= 11 is 0. The van der Waals surface area contributed by atoms with Gasteiger partial charge >= 0.3 is 0 Å². The molecule has 0 fully saturated rings. The minimum absolute atomic E-state index is 0.249. The molecule has 0 aliphatic rings. The summed E-state index contributed by atoms with van der Waals surface area (Å²) in [7, 11) is -1.73. The van der Waals surface area contributed by atoms with Crippen molar-refractivity contribution in [3.05, 3.63) is 29.3 Å². The van der Waals surface area contributed by atoms with E-state index in [1.165, 1.54) is 36.8 Å². The highest BCUT2D eigenvalue weighted by molar-refractivity contribution is 6.74. The number of hydrogen-bond acceptors (Lipinski definition) is 1. The molecule has 0 radical (unpaired) electrons. The molecular weight excluding hydrogens is 260 g/mol. The molecule has 1 aromatic carbocycles. The molecule has 0 saturated heterocycles. The lowest BCUT2D eigenvalue weighted by molar-refractivity contribution is 0.491. The topological polar surface area (TPSA) is 9.23 Å². The Morgan fingerprint density at radius 3 is 2.25 bits per heavy atom. The molecule has 1 nitrogen and oxygen atoms in total. The lowest BCUT2D eigenvalue weighted by atomic mass is 10.0. The van der Waals surface area contributed by atoms with E-state index < -0.39 is 8.32 Å². The summed E-state index contributed by atoms with van der Waals surface area (Å²) in [5.41, 5.74) is 2.74. The third-order valence-electron chi connectivity index (χ3n) is 4.36. The SMILES string of the molecule is CCCCCc1cc(C)cc(O[Si](C)(C)C(C)(C)C)c1. The maximum absolute atomic E-state index is 6.43. The first-order valence-electron chi connectivity index (χ1n) is 7.95. The molecule has 0 spiro atoms. The highest BCUT2D eigenvalue weighted by Gasteiger charge is 2.38. The van der Waals surface area contributed by atoms with Crippen molar-refractivity contribution in [1.29, 1.82) is 0 Å². The first-order valence-corrected chi connectivity index (χ1v) is 10.9. The second kappa shape index (κ2) is 6.80. The Labute approximate surface area is 126 Å². The summed E-state index contributed by atoms with van der Waals surface area (Å²) in [5.74, 6) is 1.07. The van der Waals surface area contributed by atoms with Crippen LogP contribution in [0.15, 0.2) is 18.2 Å². The zero-order chi connectivity index (χ0) is 15.4. The summed E-state index contributed by atoms with van der Waals surface area (Å²) in [6.07, 6.45) is 5.04. The van der Waals surface area contributed by atoms with Crippen LogP contribution in [-0.4, -0.2) is 8.32 Å². The second-order valence-corrected chi connectivity index (χ2v) is 12.2. The maximum atomic E-state index is 6.43. The third kappa shape index (κ3) is 4.97. The summed E-state index contributed by atoms with van der Waals surface area (Å²) in [6, 6.07) is 6.74. The summed E-state index contributed by atoms with van der Waals surface area (Å²) in [4.78, 5) is 0. The molecule has 1 rings (SSSR count). The third-order valence-corrected chi connectivity index (χ3v) is 8.72. The first kappa shape index (κ1) is 17.3. The fourth-order valence-electron chi connectivity index (χ4n) is 2.05. The van der Waals surface area contributed by atoms with Gasteiger partial charge in [0.25, 0.3) is 0 Å². The summed E-state index contributed by atoms with van der Waals surface area (Å²) in [5, 5.41) is 0.249. The standard InChI is InChI=1S/C18H32OSi/c1-8-9-10-11-16-12-15(2)13-17(14-16)19-20(6,7)18(3,4)5/h12-14H,8-11H2,1-7H3. The van der Waals surface area contributed by atoms with Crippen LogP contribution in [0.3, 0.4) is 0 Å². The highest BCUT2D eigenvalue weighted by atomic mass is 28.4. The molecule has 1 aromatic rings. The molecule has 0 unspecified atom stereocenters. The fourth-order valence-corrected chi connectivity index (χ4v) is 3.07. The smallest absolute Gasteiger partial charge is 0.250 e. The average molecular weight is 293 g/mol. The molecule has 0 heterocycles. The fraction of sp³-hybridized carbons (Fsp3) is 0.667. The van der Waals surface area contributed by atoms with E-state index in [1.807, 2.05) is 0 Å². The van der Waals surface area contributed by atoms with E-state index in [2.05, 4.69) is 65.9 Å². The van der Waals surface area contributed by atoms with Gasteiger partial charge in [-0.15, -0.1) is 0 Å². The molecule has 0 aliphatic carbocycles. The van der Waals surface area contributed by atoms with E-state index >= 15 is 0 Å². The summed E-state index contributed by atoms with van der Waals surface area (Å²) in [6.45, 7) is 15.9. The number of hydrogen-bond donors (Lipinski definition) is 0. The van der Waals surface area contributed by atoms with Crippen LogP contribution in [0, 0.1) is 6.92 Å². The van der Waals surface area contributed by atoms with Crippen molar-refractivity contribution in [1.82, 2.24) is 0 Å². The van der Waals surface area contributed by atoms with Crippen molar-refractivity contribution in [3.8, 4) is 5.75 Å². The van der Waals surface area contributed by atoms with Gasteiger partial charge in [-0.2, -0.15) is 0 Å². The lowest BCUT2D eigenvalue weighted by Crippen LogP contribution is -2.43. The molecular formula is C18H32OSi. The predicted molar refractivity (Wildman–Crippen MR) is 92.2 cm³/mol. The second-order valence-electron chi connectivity index (χ2n) is 7.47. The van der Waals surface area contributed by atoms with Crippen LogP contribution < -0.4 is 4.43 Å². The maximum Gasteiger partial charge on any atom is 0.250 e. The van der Waals surface area contributed by atoms with Crippen molar-refractivity contribution in [3.63, 3.8) is 0 Å². The van der Waals surface area contributed by atoms with Crippen LogP contribution in [0.1, 0.15) is 58.1 Å². The van der Waals surface area contributed by atoms with E-state index in [0.717, 1.165) is 5.75 Å². The lowest BCUT2D eigenvalue weighted by Gasteiger charge is -2.36. The van der Waals surface area contributed by atoms with Crippen LogP contribution >= 0.6 is 0 Å². The minimum atomic E-state index is -1.73. The molecule has 0 aliphatic heterocycles. The van der Waals surface area contributed by atoms with Crippen molar-refractivity contribution in [2.75, 3.05) is 0 Å². The van der Waals surface area contributed by atoms with Crippen molar-refractivity contribution < 1.29 is 4.43 Å². The van der Waals surface area contributed by atoms with Gasteiger partial charge in [0.05, 0.1) is 0 Å². The molecule has 2 heteroatoms. The van der Waals surface area contributed by atoms with E-state index in [9.17, 15) is 0 Å². The Morgan fingerprint density at radius 2 is 1.70 bits per heavy atom. The molecule has 0 atom stereocenters. The van der Waals surface area contributed by atoms with Gasteiger partial charge < -0.3 is 4.43 Å². The van der Waals surface area contributed by atoms with Gasteiger partial charge in [-0.05, 0) is 61.2 Å². The van der Waals surface area contributed by atoms with Crippen LogP contribution in [0.4, 0.5) is 0 Å². The van der Waals surface area contributed by atoms with E-state index in [0.29, 0.717) is 0 Å². The van der Waals surface area contributed by atoms with Crippen LogP contribution in [0.5, 0.6) is 5.75 Å². The van der Waals surface area contributed by atoms with E-state index in [-0.39, 0.29) is 5.04 Å². The zero-order valence-corrected chi connectivity index (χ0v) is 15.5. The highest BCUT2D eigenvalue weighted by Crippen LogP contribution is 2.37. The number of unbranched alkanes of at least 4 members (excludes halogenated alkanes) is 2. The van der Waals surface area contributed by atoms with Gasteiger partial charge in [-0.25, -0.2) is 0 Å². The van der Waals surface area contributed by atoms with Crippen molar-refractivity contribution in [2.24, 2.45) is 0 Å². The average Bonchev–Trinajstić information content (AvgIpc) is 2.26. The van der Waals surface area contributed by atoms with Crippen molar-refractivity contribution >= 4 is 8.32 Å². The van der Waals surface area contributed by atoms with Gasteiger partial charge in [0.2, 0.25) is 8.32 Å². The van der Waals surface area contributed by atoms with Gasteiger partial charge in [0.1, 0.15) is 5.75 Å². The van der Waals surface area contributed by atoms with Crippen LogP contribution in [0.2, 0.25) is 18.1 Å². The molecule has 0 amide bonds. The van der Waals surface area contributed by atoms with E-state index in [1.54, 1.807) is 0 Å². The Balaban J connectivity index is 2.85. The predicted octanol–water partition coefficient (Wildman–Crippen LogP) is 6.11. The minimum Gasteiger partial charge on any atom is -0.543 e. The molecule has 0 saturated carbocycles. The molecule has 0 N–H and O–H groups in total. The Morgan fingerprint density at radius 1 is 1.05 bits per heavy atom. The number of aryl methyl sites for hydroxylation is 2. The molecule has 20 heavy (non-hydrogen) atoms. The monoisotopic (exact) mass is 292 g/mol. The first-order chi connectivity index (χ1) is 9.15. The van der Waals surface area contributed by atoms with Gasteiger partial charge in [-0.1, -0.05) is 46.6 Å². The van der Waals surface area contributed by atoms with Crippen molar-refractivity contribution in [2.45, 2.75) is 78.4 Å². The Bertz CT molecular complexity index is 430. The van der Waals surface area contributed by atoms with Gasteiger partial charge in [0, 0.05) is 0 Å². The largest absolute Gasteiger partial charge is 0.543 e. The number of benzene rings is 1. The normalized spacial score (nSPS) is 12.6. The van der Waals surface area contributed by atoms with Gasteiger partial charge in [0.15, 0.2) is 0 Å². The number of rotatable bonds is 6. The van der Waals surface area contributed by atoms with Crippen LogP contribution in [0.25, 0.3) is 0 Å². The molecule has 0 aromatic heterocycles.